The third-order valence-electron chi connectivity index (χ3n) is 5.67. The van der Waals surface area contributed by atoms with E-state index in [0.717, 1.165) is 23.2 Å². The Hall–Kier alpha value is -3.26. The standard InChI is InChI=1S/C23H16N2/c24-14-7-8-17-18(11-14)15-4-1-3-12-9-13-10-19-16(5-2-6-20(19)25)22(13)23(17)21(12)15/h1-10H,11,24-25H2. The minimum Gasteiger partial charge on any atom is -0.402 e. The zero-order valence-corrected chi connectivity index (χ0v) is 13.6. The van der Waals surface area contributed by atoms with Gasteiger partial charge >= 0.3 is 0 Å². The van der Waals surface area contributed by atoms with E-state index in [-0.39, 0.29) is 0 Å². The molecule has 0 radical (unpaired) electrons. The topological polar surface area (TPSA) is 52.0 Å². The summed E-state index contributed by atoms with van der Waals surface area (Å²) in [6, 6.07) is 17.3. The SMILES string of the molecule is NC1=CC=c2c(c3cccc4cc5cc6c(N)cccc6c5c2c43)C1. The smallest absolute Gasteiger partial charge is 0.0394 e. The predicted octanol–water partition coefficient (Wildman–Crippen LogP) is 4.22. The fourth-order valence-corrected chi connectivity index (χ4v) is 4.64. The molecule has 5 aromatic carbocycles. The van der Waals surface area contributed by atoms with Gasteiger partial charge in [0.2, 0.25) is 0 Å². The molecule has 0 atom stereocenters. The van der Waals surface area contributed by atoms with Gasteiger partial charge in [0.1, 0.15) is 0 Å². The van der Waals surface area contributed by atoms with Crippen molar-refractivity contribution in [2.45, 2.75) is 6.42 Å². The van der Waals surface area contributed by atoms with Crippen molar-refractivity contribution in [1.82, 2.24) is 0 Å². The molecule has 0 aromatic heterocycles. The van der Waals surface area contributed by atoms with Crippen LogP contribution in [-0.4, -0.2) is 0 Å². The Bertz CT molecular complexity index is 1420. The van der Waals surface area contributed by atoms with Gasteiger partial charge in [-0.2, -0.15) is 0 Å². The van der Waals surface area contributed by atoms with Gasteiger partial charge in [-0.3, -0.25) is 0 Å². The van der Waals surface area contributed by atoms with Gasteiger partial charge in [-0.25, -0.2) is 0 Å². The summed E-state index contributed by atoms with van der Waals surface area (Å²) in [6.07, 6.45) is 5.06. The average Bonchev–Trinajstić information content (AvgIpc) is 3.13. The first-order valence-electron chi connectivity index (χ1n) is 8.59. The number of benzene rings is 3. The summed E-state index contributed by atoms with van der Waals surface area (Å²) in [4.78, 5) is 0. The first-order chi connectivity index (χ1) is 12.2. The summed E-state index contributed by atoms with van der Waals surface area (Å²) >= 11 is 0. The molecule has 0 spiro atoms. The highest BCUT2D eigenvalue weighted by molar-refractivity contribution is 6.32. The van der Waals surface area contributed by atoms with Crippen molar-refractivity contribution in [1.29, 1.82) is 0 Å². The van der Waals surface area contributed by atoms with E-state index in [0.29, 0.717) is 0 Å². The Morgan fingerprint density at radius 1 is 0.680 bits per heavy atom. The Morgan fingerprint density at radius 3 is 2.40 bits per heavy atom. The van der Waals surface area contributed by atoms with Crippen LogP contribution < -0.4 is 16.7 Å². The number of allylic oxidation sites excluding steroid dienone is 2. The molecule has 0 saturated carbocycles. The van der Waals surface area contributed by atoms with Crippen LogP contribution in [-0.2, 0) is 6.42 Å². The highest BCUT2D eigenvalue weighted by Crippen LogP contribution is 2.41. The van der Waals surface area contributed by atoms with E-state index in [1.165, 1.54) is 48.5 Å². The van der Waals surface area contributed by atoms with Crippen molar-refractivity contribution in [2.75, 3.05) is 5.73 Å². The zero-order valence-electron chi connectivity index (χ0n) is 13.6. The molecule has 0 aliphatic heterocycles. The molecular formula is C23H16N2. The minimum absolute atomic E-state index is 0.821. The summed E-state index contributed by atoms with van der Waals surface area (Å²) in [6.45, 7) is 0. The lowest BCUT2D eigenvalue weighted by atomic mass is 10.0. The van der Waals surface area contributed by atoms with Gasteiger partial charge in [-0.05, 0) is 72.8 Å². The van der Waals surface area contributed by atoms with E-state index in [1.54, 1.807) is 0 Å². The number of anilines is 1. The van der Waals surface area contributed by atoms with Crippen LogP contribution in [0.4, 0.5) is 5.69 Å². The van der Waals surface area contributed by atoms with E-state index in [4.69, 9.17) is 11.5 Å². The summed E-state index contributed by atoms with van der Waals surface area (Å²) in [5, 5.41) is 11.6. The van der Waals surface area contributed by atoms with Crippen LogP contribution >= 0.6 is 0 Å². The predicted molar refractivity (Wildman–Crippen MR) is 108 cm³/mol. The van der Waals surface area contributed by atoms with Crippen LogP contribution in [0.1, 0.15) is 5.56 Å². The number of hydrogen-bond donors (Lipinski definition) is 2. The lowest BCUT2D eigenvalue weighted by molar-refractivity contribution is 1.11. The molecule has 2 heteroatoms. The van der Waals surface area contributed by atoms with Crippen LogP contribution in [0, 0.1) is 0 Å². The first-order valence-corrected chi connectivity index (χ1v) is 8.59. The maximum Gasteiger partial charge on any atom is 0.0394 e. The molecule has 0 heterocycles. The maximum absolute atomic E-state index is 6.25. The van der Waals surface area contributed by atoms with E-state index in [9.17, 15) is 0 Å². The lowest BCUT2D eigenvalue weighted by Gasteiger charge is -2.05. The largest absolute Gasteiger partial charge is 0.402 e. The van der Waals surface area contributed by atoms with E-state index < -0.39 is 0 Å². The fourth-order valence-electron chi connectivity index (χ4n) is 4.64. The van der Waals surface area contributed by atoms with Crippen LogP contribution in [0.2, 0.25) is 0 Å². The molecule has 4 N–H and O–H groups in total. The average molecular weight is 320 g/mol. The molecule has 2 nitrogen and oxygen atoms in total. The van der Waals surface area contributed by atoms with Gasteiger partial charge in [-0.15, -0.1) is 0 Å². The van der Waals surface area contributed by atoms with Crippen LogP contribution in [0.3, 0.4) is 0 Å². The second-order valence-corrected chi connectivity index (χ2v) is 7.05. The molecule has 0 saturated heterocycles. The van der Waals surface area contributed by atoms with Crippen molar-refractivity contribution in [3.8, 4) is 0 Å². The number of hydrogen-bond acceptors (Lipinski definition) is 2. The summed E-state index contributed by atoms with van der Waals surface area (Å²) in [7, 11) is 0. The van der Waals surface area contributed by atoms with Gasteiger partial charge in [0.25, 0.3) is 0 Å². The Labute approximate surface area is 144 Å². The quantitative estimate of drug-likeness (QED) is 0.420. The molecule has 6 rings (SSSR count). The number of nitrogen functional groups attached to an aromatic ring is 1. The van der Waals surface area contributed by atoms with Gasteiger partial charge in [-0.1, -0.05) is 36.4 Å². The van der Waals surface area contributed by atoms with Crippen LogP contribution in [0.15, 0.2) is 60.3 Å². The van der Waals surface area contributed by atoms with Crippen LogP contribution in [0.5, 0.6) is 0 Å². The molecule has 1 aliphatic rings. The fraction of sp³-hybridized carbons (Fsp3) is 0.0435. The van der Waals surface area contributed by atoms with Gasteiger partial charge in [0.15, 0.2) is 0 Å². The second kappa shape index (κ2) is 4.22. The minimum atomic E-state index is 0.821. The number of fused-ring (bicyclic) bond motifs is 7. The van der Waals surface area contributed by atoms with E-state index in [1.807, 2.05) is 12.1 Å². The molecule has 118 valence electrons. The Balaban J connectivity index is 2.02. The third-order valence-corrected chi connectivity index (χ3v) is 5.67. The summed E-state index contributed by atoms with van der Waals surface area (Å²) < 4.78 is 0. The summed E-state index contributed by atoms with van der Waals surface area (Å²) in [5.41, 5.74) is 15.5. The molecular weight excluding hydrogens is 304 g/mol. The molecule has 0 fully saturated rings. The van der Waals surface area contributed by atoms with Crippen molar-refractivity contribution in [3.05, 3.63) is 71.1 Å². The van der Waals surface area contributed by atoms with E-state index >= 15 is 0 Å². The van der Waals surface area contributed by atoms with Gasteiger partial charge in [0.05, 0.1) is 0 Å². The van der Waals surface area contributed by atoms with Crippen molar-refractivity contribution < 1.29 is 0 Å². The normalized spacial score (nSPS) is 14.3. The van der Waals surface area contributed by atoms with Crippen molar-refractivity contribution >= 4 is 54.9 Å². The zero-order chi connectivity index (χ0) is 16.7. The molecule has 0 amide bonds. The monoisotopic (exact) mass is 320 g/mol. The maximum atomic E-state index is 6.25. The Morgan fingerprint density at radius 2 is 1.48 bits per heavy atom. The van der Waals surface area contributed by atoms with Crippen molar-refractivity contribution in [3.63, 3.8) is 0 Å². The van der Waals surface area contributed by atoms with Crippen LogP contribution in [0.25, 0.3) is 49.2 Å². The second-order valence-electron chi connectivity index (χ2n) is 7.05. The number of rotatable bonds is 0. The summed E-state index contributed by atoms with van der Waals surface area (Å²) in [5.74, 6) is 0. The first kappa shape index (κ1) is 13.1. The molecule has 0 unspecified atom stereocenters. The molecule has 25 heavy (non-hydrogen) atoms. The van der Waals surface area contributed by atoms with Gasteiger partial charge < -0.3 is 11.5 Å². The Kier molecular flexibility index (Phi) is 2.21. The van der Waals surface area contributed by atoms with Crippen molar-refractivity contribution in [2.24, 2.45) is 5.73 Å². The lowest BCUT2D eigenvalue weighted by Crippen LogP contribution is -2.14. The number of nitrogens with two attached hydrogens (primary N) is 2. The highest BCUT2D eigenvalue weighted by atomic mass is 14.6. The third kappa shape index (κ3) is 1.50. The molecule has 1 aliphatic carbocycles. The molecule has 0 bridgehead atoms. The molecule has 5 aromatic rings. The van der Waals surface area contributed by atoms with E-state index in [2.05, 4.69) is 48.6 Å². The van der Waals surface area contributed by atoms with Gasteiger partial charge in [0, 0.05) is 23.2 Å². The highest BCUT2D eigenvalue weighted by Gasteiger charge is 2.19.